The smallest absolute Gasteiger partial charge is 0.192 e. The fourth-order valence-corrected chi connectivity index (χ4v) is 10.5. The van der Waals surface area contributed by atoms with Crippen molar-refractivity contribution in [2.24, 2.45) is 46.3 Å². The minimum absolute atomic E-state index is 0.203. The molecule has 0 radical (unpaired) electrons. The highest BCUT2D eigenvalue weighted by Gasteiger charge is 2.61. The van der Waals surface area contributed by atoms with Gasteiger partial charge in [0.25, 0.3) is 0 Å². The first-order valence-corrected chi connectivity index (χ1v) is 18.4. The number of carbonyl (C=O) groups excluding carboxylic acids is 1. The predicted octanol–water partition coefficient (Wildman–Crippen LogP) is 9.60. The van der Waals surface area contributed by atoms with Crippen LogP contribution in [-0.2, 0) is 9.22 Å². The number of fused-ring (bicyclic) bond motifs is 5. The Bertz CT molecular complexity index is 850. The zero-order chi connectivity index (χ0) is 26.7. The van der Waals surface area contributed by atoms with Gasteiger partial charge in [-0.25, -0.2) is 0 Å². The van der Waals surface area contributed by atoms with Crippen LogP contribution in [0.2, 0.25) is 18.1 Å². The summed E-state index contributed by atoms with van der Waals surface area (Å²) < 4.78 is 6.87. The van der Waals surface area contributed by atoms with E-state index in [1.54, 1.807) is 0 Å². The number of rotatable bonds is 7. The Labute approximate surface area is 224 Å². The molecular formula is C33H58O2Si. The molecule has 2 nitrogen and oxygen atoms in total. The number of hydrogen-bond donors (Lipinski definition) is 0. The second-order valence-electron chi connectivity index (χ2n) is 16.0. The van der Waals surface area contributed by atoms with E-state index in [9.17, 15) is 4.79 Å². The summed E-state index contributed by atoms with van der Waals surface area (Å²) in [6.07, 6.45) is 15.1. The third-order valence-corrected chi connectivity index (χ3v) is 16.9. The maximum absolute atomic E-state index is 13.9. The van der Waals surface area contributed by atoms with Crippen LogP contribution >= 0.6 is 0 Å². The molecule has 0 heterocycles. The lowest BCUT2D eigenvalue weighted by atomic mass is 9.46. The predicted molar refractivity (Wildman–Crippen MR) is 156 cm³/mol. The van der Waals surface area contributed by atoms with Gasteiger partial charge in [-0.2, -0.15) is 0 Å². The summed E-state index contributed by atoms with van der Waals surface area (Å²) in [6.45, 7) is 24.1. The number of ketones is 1. The van der Waals surface area contributed by atoms with Gasteiger partial charge in [0.1, 0.15) is 0 Å². The molecule has 0 saturated heterocycles. The molecule has 0 aromatic heterocycles. The SMILES string of the molecule is CC(C)CCC[C@@H](C)[C@H]1CC[C@H]2C3C(=O)C=C4C[C@@H](O[Si](C)(C)C(C)(C)C)CC[C@]4(C)[C@H]3CC[C@]12C. The molecule has 4 aliphatic rings. The van der Waals surface area contributed by atoms with Crippen molar-refractivity contribution in [2.75, 3.05) is 0 Å². The standard InChI is InChI=1S/C33H58O2Si/c1-22(2)12-11-13-23(3)26-14-15-27-30-28(17-19-33(26,27)8)32(7)18-16-25(20-24(32)21-29(30)34)35-36(9,10)31(4,5)6/h21-23,25-28,30H,11-20H2,1-10H3/t23-,25+,26-,27+,28+,30?,32+,33-/m1/s1. The molecule has 0 amide bonds. The summed E-state index contributed by atoms with van der Waals surface area (Å²) in [4.78, 5) is 13.9. The highest BCUT2D eigenvalue weighted by Crippen LogP contribution is 2.67. The van der Waals surface area contributed by atoms with Crippen LogP contribution in [0.1, 0.15) is 120 Å². The summed E-state index contributed by atoms with van der Waals surface area (Å²) in [6, 6.07) is 0. The summed E-state index contributed by atoms with van der Waals surface area (Å²) in [7, 11) is -1.80. The average molecular weight is 515 g/mol. The normalized spacial score (nSPS) is 39.9. The molecule has 206 valence electrons. The molecule has 3 fully saturated rings. The number of carbonyl (C=O) groups is 1. The zero-order valence-corrected chi connectivity index (χ0v) is 26.5. The Morgan fingerprint density at radius 3 is 2.33 bits per heavy atom. The largest absolute Gasteiger partial charge is 0.414 e. The minimum atomic E-state index is -1.80. The van der Waals surface area contributed by atoms with Crippen molar-refractivity contribution >= 4 is 14.1 Å². The molecule has 0 bridgehead atoms. The van der Waals surface area contributed by atoms with E-state index in [0.717, 1.165) is 30.6 Å². The van der Waals surface area contributed by atoms with Gasteiger partial charge in [-0.1, -0.05) is 80.2 Å². The van der Waals surface area contributed by atoms with Crippen molar-refractivity contribution in [3.63, 3.8) is 0 Å². The number of allylic oxidation sites excluding steroid dienone is 1. The van der Waals surface area contributed by atoms with E-state index >= 15 is 0 Å². The van der Waals surface area contributed by atoms with Crippen LogP contribution in [0.15, 0.2) is 11.6 Å². The van der Waals surface area contributed by atoms with Crippen LogP contribution in [0.3, 0.4) is 0 Å². The van der Waals surface area contributed by atoms with E-state index in [1.165, 1.54) is 56.9 Å². The Balaban J connectivity index is 1.50. The monoisotopic (exact) mass is 514 g/mol. The second-order valence-corrected chi connectivity index (χ2v) is 20.8. The van der Waals surface area contributed by atoms with Crippen molar-refractivity contribution in [1.82, 2.24) is 0 Å². The van der Waals surface area contributed by atoms with Gasteiger partial charge in [-0.05, 0) is 110 Å². The highest BCUT2D eigenvalue weighted by molar-refractivity contribution is 6.74. The van der Waals surface area contributed by atoms with Crippen LogP contribution in [-0.4, -0.2) is 20.2 Å². The summed E-state index contributed by atoms with van der Waals surface area (Å²) in [5.41, 5.74) is 2.00. The maximum atomic E-state index is 13.9. The van der Waals surface area contributed by atoms with E-state index < -0.39 is 8.32 Å². The third-order valence-electron chi connectivity index (χ3n) is 12.4. The van der Waals surface area contributed by atoms with Crippen molar-refractivity contribution in [2.45, 2.75) is 144 Å². The first-order chi connectivity index (χ1) is 16.6. The summed E-state index contributed by atoms with van der Waals surface area (Å²) in [5.74, 6) is 4.29. The molecule has 0 spiro atoms. The van der Waals surface area contributed by atoms with E-state index in [1.807, 2.05) is 0 Å². The highest BCUT2D eigenvalue weighted by atomic mass is 28.4. The molecule has 0 aromatic carbocycles. The van der Waals surface area contributed by atoms with E-state index in [4.69, 9.17) is 4.43 Å². The Morgan fingerprint density at radius 1 is 1.00 bits per heavy atom. The van der Waals surface area contributed by atoms with Gasteiger partial charge >= 0.3 is 0 Å². The van der Waals surface area contributed by atoms with Crippen LogP contribution in [0, 0.1) is 46.3 Å². The van der Waals surface area contributed by atoms with Gasteiger partial charge in [0, 0.05) is 12.0 Å². The van der Waals surface area contributed by atoms with Crippen LogP contribution in [0.4, 0.5) is 0 Å². The lowest BCUT2D eigenvalue weighted by Crippen LogP contribution is -2.54. The fourth-order valence-electron chi connectivity index (χ4n) is 9.09. The quantitative estimate of drug-likeness (QED) is 0.316. The topological polar surface area (TPSA) is 26.3 Å². The Hall–Kier alpha value is -0.413. The molecular weight excluding hydrogens is 456 g/mol. The first-order valence-electron chi connectivity index (χ1n) is 15.5. The van der Waals surface area contributed by atoms with Gasteiger partial charge in [0.05, 0.1) is 0 Å². The molecule has 36 heavy (non-hydrogen) atoms. The lowest BCUT2D eigenvalue weighted by molar-refractivity contribution is -0.135. The Kier molecular flexibility index (Phi) is 7.91. The van der Waals surface area contributed by atoms with Crippen LogP contribution in [0.5, 0.6) is 0 Å². The molecule has 3 heteroatoms. The van der Waals surface area contributed by atoms with E-state index in [0.29, 0.717) is 29.1 Å². The van der Waals surface area contributed by atoms with Crippen molar-refractivity contribution in [3.05, 3.63) is 11.6 Å². The second kappa shape index (κ2) is 9.96. The molecule has 0 N–H and O–H groups in total. The minimum Gasteiger partial charge on any atom is -0.414 e. The van der Waals surface area contributed by atoms with Gasteiger partial charge in [-0.3, -0.25) is 4.79 Å². The molecule has 8 atom stereocenters. The first kappa shape index (κ1) is 28.6. The summed E-state index contributed by atoms with van der Waals surface area (Å²) in [5, 5.41) is 0.231. The average Bonchev–Trinajstić information content (AvgIpc) is 3.10. The van der Waals surface area contributed by atoms with E-state index in [-0.39, 0.29) is 16.4 Å². The molecule has 3 saturated carbocycles. The zero-order valence-electron chi connectivity index (χ0n) is 25.5. The van der Waals surface area contributed by atoms with Gasteiger partial charge in [-0.15, -0.1) is 0 Å². The van der Waals surface area contributed by atoms with Gasteiger partial charge < -0.3 is 4.43 Å². The van der Waals surface area contributed by atoms with Crippen molar-refractivity contribution in [1.29, 1.82) is 0 Å². The number of hydrogen-bond acceptors (Lipinski definition) is 2. The van der Waals surface area contributed by atoms with Crippen LogP contribution in [0.25, 0.3) is 0 Å². The van der Waals surface area contributed by atoms with Gasteiger partial charge in [0.2, 0.25) is 0 Å². The molecule has 1 unspecified atom stereocenters. The van der Waals surface area contributed by atoms with Crippen molar-refractivity contribution < 1.29 is 9.22 Å². The maximum Gasteiger partial charge on any atom is 0.192 e. The van der Waals surface area contributed by atoms with Gasteiger partial charge in [0.15, 0.2) is 14.1 Å². The van der Waals surface area contributed by atoms with Crippen LogP contribution < -0.4 is 0 Å². The molecule has 0 aliphatic heterocycles. The van der Waals surface area contributed by atoms with Crippen molar-refractivity contribution in [3.8, 4) is 0 Å². The molecule has 0 aromatic rings. The molecule has 4 rings (SSSR count). The lowest BCUT2D eigenvalue weighted by Gasteiger charge is -2.58. The Morgan fingerprint density at radius 2 is 1.69 bits per heavy atom. The van der Waals surface area contributed by atoms with E-state index in [2.05, 4.69) is 74.6 Å². The fraction of sp³-hybridized carbons (Fsp3) is 0.909. The third kappa shape index (κ3) is 4.98. The summed E-state index contributed by atoms with van der Waals surface area (Å²) >= 11 is 0. The molecule has 4 aliphatic carbocycles.